The lowest BCUT2D eigenvalue weighted by molar-refractivity contribution is 0.250. The number of thioether (sulfide) groups is 1. The predicted octanol–water partition coefficient (Wildman–Crippen LogP) is 3.63. The summed E-state index contributed by atoms with van der Waals surface area (Å²) in [7, 11) is 0. The van der Waals surface area contributed by atoms with Crippen molar-refractivity contribution in [2.75, 3.05) is 11.6 Å². The van der Waals surface area contributed by atoms with Gasteiger partial charge in [-0.05, 0) is 37.4 Å². The molecule has 2 N–H and O–H groups in total. The Morgan fingerprint density at radius 2 is 2.05 bits per heavy atom. The number of urea groups is 1. The number of amides is 2. The van der Waals surface area contributed by atoms with Gasteiger partial charge in [0.15, 0.2) is 0 Å². The number of anilines is 1. The maximum atomic E-state index is 11.8. The van der Waals surface area contributed by atoms with Crippen LogP contribution in [0.5, 0.6) is 0 Å². The molecule has 0 fully saturated rings. The Balaban J connectivity index is 1.90. The number of carbonyl (C=O) groups is 1. The first kappa shape index (κ1) is 13.5. The highest BCUT2D eigenvalue weighted by molar-refractivity contribution is 7.98. The molecule has 0 aliphatic heterocycles. The van der Waals surface area contributed by atoms with Gasteiger partial charge in [0, 0.05) is 4.90 Å². The van der Waals surface area contributed by atoms with Gasteiger partial charge >= 0.3 is 6.03 Å². The summed E-state index contributed by atoms with van der Waals surface area (Å²) in [6.07, 6.45) is 1.98. The van der Waals surface area contributed by atoms with Gasteiger partial charge in [0.05, 0.1) is 12.2 Å². The molecule has 5 heteroatoms. The van der Waals surface area contributed by atoms with Crippen LogP contribution in [0.4, 0.5) is 10.5 Å². The van der Waals surface area contributed by atoms with Gasteiger partial charge in [0.1, 0.15) is 11.5 Å². The van der Waals surface area contributed by atoms with Crippen molar-refractivity contribution in [1.82, 2.24) is 5.32 Å². The lowest BCUT2D eigenvalue weighted by Crippen LogP contribution is -2.28. The van der Waals surface area contributed by atoms with Crippen molar-refractivity contribution in [1.29, 1.82) is 0 Å². The summed E-state index contributed by atoms with van der Waals surface area (Å²) in [6.45, 7) is 2.25. The average Bonchev–Trinajstić information content (AvgIpc) is 2.83. The predicted molar refractivity (Wildman–Crippen MR) is 77.5 cm³/mol. The van der Waals surface area contributed by atoms with E-state index < -0.39 is 0 Å². The number of aryl methyl sites for hydroxylation is 1. The molecule has 19 heavy (non-hydrogen) atoms. The second-order valence-electron chi connectivity index (χ2n) is 4.02. The summed E-state index contributed by atoms with van der Waals surface area (Å²) in [5.41, 5.74) is 0.808. The molecule has 1 aromatic carbocycles. The van der Waals surface area contributed by atoms with Gasteiger partial charge in [0.2, 0.25) is 0 Å². The molecule has 0 saturated heterocycles. The van der Waals surface area contributed by atoms with Crippen LogP contribution in [0.1, 0.15) is 11.5 Å². The van der Waals surface area contributed by atoms with Gasteiger partial charge in [0.25, 0.3) is 0 Å². The van der Waals surface area contributed by atoms with Crippen LogP contribution in [0.25, 0.3) is 0 Å². The van der Waals surface area contributed by atoms with Crippen molar-refractivity contribution in [2.45, 2.75) is 18.4 Å². The first-order valence-electron chi connectivity index (χ1n) is 5.92. The second kappa shape index (κ2) is 6.33. The van der Waals surface area contributed by atoms with Crippen molar-refractivity contribution in [3.05, 3.63) is 47.9 Å². The Labute approximate surface area is 116 Å². The van der Waals surface area contributed by atoms with Gasteiger partial charge in [-0.3, -0.25) is 0 Å². The van der Waals surface area contributed by atoms with Gasteiger partial charge < -0.3 is 15.1 Å². The van der Waals surface area contributed by atoms with Gasteiger partial charge in [-0.1, -0.05) is 12.1 Å². The number of benzene rings is 1. The van der Waals surface area contributed by atoms with E-state index in [0.717, 1.165) is 22.1 Å². The number of hydrogen-bond donors (Lipinski definition) is 2. The van der Waals surface area contributed by atoms with Crippen molar-refractivity contribution in [2.24, 2.45) is 0 Å². The molecule has 0 radical (unpaired) electrons. The molecule has 2 amide bonds. The molecule has 0 saturated carbocycles. The third kappa shape index (κ3) is 3.79. The molecule has 1 aromatic heterocycles. The highest BCUT2D eigenvalue weighted by Crippen LogP contribution is 2.24. The molecule has 1 heterocycles. The van der Waals surface area contributed by atoms with Crippen molar-refractivity contribution < 1.29 is 9.21 Å². The SMILES string of the molecule is CSc1ccccc1NC(=O)NCc1ccc(C)o1. The quantitative estimate of drug-likeness (QED) is 0.838. The average molecular weight is 276 g/mol. The minimum Gasteiger partial charge on any atom is -0.465 e. The Kier molecular flexibility index (Phi) is 4.52. The van der Waals surface area contributed by atoms with Crippen LogP contribution in [0.3, 0.4) is 0 Å². The molecule has 0 aliphatic carbocycles. The van der Waals surface area contributed by atoms with Gasteiger partial charge in [-0.25, -0.2) is 4.79 Å². The Hall–Kier alpha value is -1.88. The van der Waals surface area contributed by atoms with Crippen molar-refractivity contribution >= 4 is 23.5 Å². The Morgan fingerprint density at radius 1 is 1.26 bits per heavy atom. The van der Waals surface area contributed by atoms with E-state index in [1.807, 2.05) is 49.6 Å². The van der Waals surface area contributed by atoms with E-state index in [-0.39, 0.29) is 6.03 Å². The molecule has 2 aromatic rings. The lowest BCUT2D eigenvalue weighted by Gasteiger charge is -2.09. The van der Waals surface area contributed by atoms with Crippen molar-refractivity contribution in [3.63, 3.8) is 0 Å². The molecule has 2 rings (SSSR count). The zero-order chi connectivity index (χ0) is 13.7. The molecule has 0 aliphatic rings. The largest absolute Gasteiger partial charge is 0.465 e. The summed E-state index contributed by atoms with van der Waals surface area (Å²) in [5.74, 6) is 1.58. The van der Waals surface area contributed by atoms with E-state index in [1.54, 1.807) is 11.8 Å². The number of nitrogens with one attached hydrogen (secondary N) is 2. The van der Waals surface area contributed by atoms with Crippen LogP contribution >= 0.6 is 11.8 Å². The first-order valence-corrected chi connectivity index (χ1v) is 7.14. The van der Waals surface area contributed by atoms with Crippen LogP contribution in [-0.2, 0) is 6.54 Å². The number of carbonyl (C=O) groups excluding carboxylic acids is 1. The lowest BCUT2D eigenvalue weighted by atomic mass is 10.3. The number of hydrogen-bond acceptors (Lipinski definition) is 3. The van der Waals surface area contributed by atoms with E-state index in [9.17, 15) is 4.79 Å². The Morgan fingerprint density at radius 3 is 2.74 bits per heavy atom. The summed E-state index contributed by atoms with van der Waals surface area (Å²) in [5, 5.41) is 5.58. The molecule has 4 nitrogen and oxygen atoms in total. The first-order chi connectivity index (χ1) is 9.19. The minimum atomic E-state index is -0.240. The smallest absolute Gasteiger partial charge is 0.319 e. The van der Waals surface area contributed by atoms with Crippen molar-refractivity contribution in [3.8, 4) is 0 Å². The van der Waals surface area contributed by atoms with Gasteiger partial charge in [-0.15, -0.1) is 11.8 Å². The summed E-state index contributed by atoms with van der Waals surface area (Å²) in [4.78, 5) is 12.8. The Bertz CT molecular complexity index is 566. The van der Waals surface area contributed by atoms with E-state index in [4.69, 9.17) is 4.42 Å². The number of furan rings is 1. The van der Waals surface area contributed by atoms with Crippen LogP contribution in [0, 0.1) is 6.92 Å². The molecule has 100 valence electrons. The molecule has 0 bridgehead atoms. The standard InChI is InChI=1S/C14H16N2O2S/c1-10-7-8-11(18-10)9-15-14(17)16-12-5-3-4-6-13(12)19-2/h3-8H,9H2,1-2H3,(H2,15,16,17). The van der Waals surface area contributed by atoms with Crippen LogP contribution in [0.2, 0.25) is 0 Å². The molecule has 0 unspecified atom stereocenters. The third-order valence-corrected chi connectivity index (χ3v) is 3.37. The second-order valence-corrected chi connectivity index (χ2v) is 4.87. The number of rotatable bonds is 4. The fourth-order valence-electron chi connectivity index (χ4n) is 1.66. The topological polar surface area (TPSA) is 54.3 Å². The number of para-hydroxylation sites is 1. The van der Waals surface area contributed by atoms with E-state index >= 15 is 0 Å². The fraction of sp³-hybridized carbons (Fsp3) is 0.214. The highest BCUT2D eigenvalue weighted by atomic mass is 32.2. The highest BCUT2D eigenvalue weighted by Gasteiger charge is 2.06. The molecular weight excluding hydrogens is 260 g/mol. The normalized spacial score (nSPS) is 10.2. The van der Waals surface area contributed by atoms with E-state index in [1.165, 1.54) is 0 Å². The maximum Gasteiger partial charge on any atom is 0.319 e. The van der Waals surface area contributed by atoms with E-state index in [0.29, 0.717) is 6.54 Å². The van der Waals surface area contributed by atoms with Crippen LogP contribution in [0.15, 0.2) is 45.7 Å². The fourth-order valence-corrected chi connectivity index (χ4v) is 2.22. The maximum absolute atomic E-state index is 11.8. The molecule has 0 spiro atoms. The summed E-state index contributed by atoms with van der Waals surface area (Å²) >= 11 is 1.59. The zero-order valence-corrected chi connectivity index (χ0v) is 11.7. The van der Waals surface area contributed by atoms with Gasteiger partial charge in [-0.2, -0.15) is 0 Å². The van der Waals surface area contributed by atoms with Crippen LogP contribution in [-0.4, -0.2) is 12.3 Å². The minimum absolute atomic E-state index is 0.240. The monoisotopic (exact) mass is 276 g/mol. The summed E-state index contributed by atoms with van der Waals surface area (Å²) < 4.78 is 5.38. The molecular formula is C14H16N2O2S. The zero-order valence-electron chi connectivity index (χ0n) is 10.9. The molecule has 0 atom stereocenters. The van der Waals surface area contributed by atoms with E-state index in [2.05, 4.69) is 10.6 Å². The van der Waals surface area contributed by atoms with Crippen LogP contribution < -0.4 is 10.6 Å². The third-order valence-electron chi connectivity index (χ3n) is 2.57. The summed E-state index contributed by atoms with van der Waals surface area (Å²) in [6, 6.07) is 11.2.